The van der Waals surface area contributed by atoms with Gasteiger partial charge in [0, 0.05) is 12.5 Å². The van der Waals surface area contributed by atoms with Crippen LogP contribution in [0.2, 0.25) is 0 Å². The number of benzene rings is 1. The SMILES string of the molecule is COC(=O)CCCOc1c(Br)cccc1CC(C)N. The van der Waals surface area contributed by atoms with Crippen LogP contribution in [0.1, 0.15) is 25.3 Å². The van der Waals surface area contributed by atoms with Crippen molar-refractivity contribution in [2.24, 2.45) is 5.73 Å². The van der Waals surface area contributed by atoms with E-state index in [0.29, 0.717) is 19.4 Å². The second kappa shape index (κ2) is 8.17. The molecule has 0 saturated heterocycles. The van der Waals surface area contributed by atoms with Gasteiger partial charge in [0.2, 0.25) is 0 Å². The van der Waals surface area contributed by atoms with Crippen LogP contribution < -0.4 is 10.5 Å². The van der Waals surface area contributed by atoms with E-state index in [-0.39, 0.29) is 12.0 Å². The molecule has 1 aromatic rings. The normalized spacial score (nSPS) is 12.0. The van der Waals surface area contributed by atoms with E-state index in [9.17, 15) is 4.79 Å². The van der Waals surface area contributed by atoms with Crippen molar-refractivity contribution in [2.75, 3.05) is 13.7 Å². The zero-order valence-electron chi connectivity index (χ0n) is 11.3. The van der Waals surface area contributed by atoms with Crippen LogP contribution in [-0.2, 0) is 16.0 Å². The fourth-order valence-electron chi connectivity index (χ4n) is 1.72. The van der Waals surface area contributed by atoms with Crippen molar-refractivity contribution < 1.29 is 14.3 Å². The number of ether oxygens (including phenoxy) is 2. The van der Waals surface area contributed by atoms with Crippen LogP contribution in [0.25, 0.3) is 0 Å². The number of rotatable bonds is 7. The van der Waals surface area contributed by atoms with Crippen molar-refractivity contribution >= 4 is 21.9 Å². The van der Waals surface area contributed by atoms with E-state index < -0.39 is 0 Å². The fraction of sp³-hybridized carbons (Fsp3) is 0.500. The van der Waals surface area contributed by atoms with E-state index in [1.807, 2.05) is 25.1 Å². The maximum Gasteiger partial charge on any atom is 0.305 e. The molecule has 0 radical (unpaired) electrons. The molecule has 0 heterocycles. The third-order valence-corrected chi connectivity index (χ3v) is 3.21. The lowest BCUT2D eigenvalue weighted by Gasteiger charge is -2.14. The average molecular weight is 330 g/mol. The molecule has 0 bridgehead atoms. The maximum atomic E-state index is 11.0. The Hall–Kier alpha value is -1.07. The van der Waals surface area contributed by atoms with E-state index >= 15 is 0 Å². The maximum absolute atomic E-state index is 11.0. The van der Waals surface area contributed by atoms with Crippen LogP contribution in [0.4, 0.5) is 0 Å². The van der Waals surface area contributed by atoms with E-state index in [1.54, 1.807) is 0 Å². The van der Waals surface area contributed by atoms with Crippen molar-refractivity contribution in [1.29, 1.82) is 0 Å². The molecule has 0 aromatic heterocycles. The molecular formula is C14H20BrNO3. The Morgan fingerprint density at radius 1 is 1.47 bits per heavy atom. The smallest absolute Gasteiger partial charge is 0.305 e. The minimum absolute atomic E-state index is 0.0757. The summed E-state index contributed by atoms with van der Waals surface area (Å²) in [5.74, 6) is 0.594. The van der Waals surface area contributed by atoms with Crippen molar-refractivity contribution in [2.45, 2.75) is 32.2 Å². The van der Waals surface area contributed by atoms with E-state index in [4.69, 9.17) is 10.5 Å². The lowest BCUT2D eigenvalue weighted by Crippen LogP contribution is -2.18. The third kappa shape index (κ3) is 5.61. The zero-order chi connectivity index (χ0) is 14.3. The molecule has 106 valence electrons. The molecule has 0 aliphatic rings. The number of hydrogen-bond donors (Lipinski definition) is 1. The van der Waals surface area contributed by atoms with Gasteiger partial charge < -0.3 is 15.2 Å². The van der Waals surface area contributed by atoms with Crippen LogP contribution in [-0.4, -0.2) is 25.7 Å². The first-order chi connectivity index (χ1) is 9.04. The van der Waals surface area contributed by atoms with Crippen LogP contribution >= 0.6 is 15.9 Å². The summed E-state index contributed by atoms with van der Waals surface area (Å²) < 4.78 is 11.2. The Morgan fingerprint density at radius 3 is 2.84 bits per heavy atom. The summed E-state index contributed by atoms with van der Waals surface area (Å²) in [5.41, 5.74) is 6.90. The average Bonchev–Trinajstić information content (AvgIpc) is 2.36. The first kappa shape index (κ1) is 16.0. The minimum atomic E-state index is -0.216. The molecule has 0 aliphatic heterocycles. The molecule has 2 N–H and O–H groups in total. The highest BCUT2D eigenvalue weighted by atomic mass is 79.9. The highest BCUT2D eigenvalue weighted by molar-refractivity contribution is 9.10. The van der Waals surface area contributed by atoms with Crippen LogP contribution in [0.5, 0.6) is 5.75 Å². The Balaban J connectivity index is 2.58. The largest absolute Gasteiger partial charge is 0.492 e. The molecule has 0 fully saturated rings. The van der Waals surface area contributed by atoms with Gasteiger partial charge in [-0.1, -0.05) is 12.1 Å². The molecule has 1 aromatic carbocycles. The molecular weight excluding hydrogens is 310 g/mol. The van der Waals surface area contributed by atoms with Gasteiger partial charge in [0.05, 0.1) is 18.2 Å². The number of hydrogen-bond acceptors (Lipinski definition) is 4. The summed E-state index contributed by atoms with van der Waals surface area (Å²) in [4.78, 5) is 11.0. The van der Waals surface area contributed by atoms with Gasteiger partial charge in [0.15, 0.2) is 0 Å². The summed E-state index contributed by atoms with van der Waals surface area (Å²) in [5, 5.41) is 0. The van der Waals surface area contributed by atoms with Gasteiger partial charge in [-0.15, -0.1) is 0 Å². The van der Waals surface area contributed by atoms with Crippen LogP contribution in [0.3, 0.4) is 0 Å². The Kier molecular flexibility index (Phi) is 6.87. The van der Waals surface area contributed by atoms with Crippen molar-refractivity contribution in [3.8, 4) is 5.75 Å². The highest BCUT2D eigenvalue weighted by Crippen LogP contribution is 2.30. The van der Waals surface area contributed by atoms with Gasteiger partial charge in [-0.2, -0.15) is 0 Å². The molecule has 1 rings (SSSR count). The summed E-state index contributed by atoms with van der Waals surface area (Å²) in [6, 6.07) is 5.97. The molecule has 0 spiro atoms. The number of esters is 1. The Morgan fingerprint density at radius 2 is 2.21 bits per heavy atom. The predicted molar refractivity (Wildman–Crippen MR) is 78.2 cm³/mol. The predicted octanol–water partition coefficient (Wildman–Crippen LogP) is 2.67. The van der Waals surface area contributed by atoms with Gasteiger partial charge in [0.1, 0.15) is 5.75 Å². The molecule has 4 nitrogen and oxygen atoms in total. The first-order valence-corrected chi connectivity index (χ1v) is 7.06. The molecule has 1 atom stereocenters. The van der Waals surface area contributed by atoms with Crippen molar-refractivity contribution in [3.63, 3.8) is 0 Å². The summed E-state index contributed by atoms with van der Waals surface area (Å²) in [6.07, 6.45) is 1.75. The van der Waals surface area contributed by atoms with Crippen LogP contribution in [0.15, 0.2) is 22.7 Å². The lowest BCUT2D eigenvalue weighted by molar-refractivity contribution is -0.140. The van der Waals surface area contributed by atoms with Crippen molar-refractivity contribution in [3.05, 3.63) is 28.2 Å². The fourth-order valence-corrected chi connectivity index (χ4v) is 2.24. The molecule has 1 unspecified atom stereocenters. The number of methoxy groups -OCH3 is 1. The van der Waals surface area contributed by atoms with Gasteiger partial charge in [-0.3, -0.25) is 4.79 Å². The van der Waals surface area contributed by atoms with Gasteiger partial charge in [0.25, 0.3) is 0 Å². The second-order valence-corrected chi connectivity index (χ2v) is 5.29. The first-order valence-electron chi connectivity index (χ1n) is 6.27. The second-order valence-electron chi connectivity index (χ2n) is 4.44. The zero-order valence-corrected chi connectivity index (χ0v) is 12.9. The molecule has 0 saturated carbocycles. The van der Waals surface area contributed by atoms with Crippen molar-refractivity contribution in [1.82, 2.24) is 0 Å². The Labute approximate surface area is 122 Å². The minimum Gasteiger partial charge on any atom is -0.492 e. The topological polar surface area (TPSA) is 61.5 Å². The number of para-hydroxylation sites is 1. The monoisotopic (exact) mass is 329 g/mol. The molecule has 0 amide bonds. The highest BCUT2D eigenvalue weighted by Gasteiger charge is 2.10. The van der Waals surface area contributed by atoms with E-state index in [0.717, 1.165) is 22.2 Å². The molecule has 19 heavy (non-hydrogen) atoms. The summed E-state index contributed by atoms with van der Waals surface area (Å²) >= 11 is 3.47. The quantitative estimate of drug-likeness (QED) is 0.617. The van der Waals surface area contributed by atoms with Gasteiger partial charge in [-0.05, 0) is 47.3 Å². The van der Waals surface area contributed by atoms with Gasteiger partial charge in [-0.25, -0.2) is 0 Å². The summed E-state index contributed by atoms with van der Waals surface area (Å²) in [7, 11) is 1.39. The Bertz CT molecular complexity index is 421. The summed E-state index contributed by atoms with van der Waals surface area (Å²) in [6.45, 7) is 2.44. The number of carbonyl (C=O) groups is 1. The molecule has 5 heteroatoms. The third-order valence-electron chi connectivity index (χ3n) is 2.59. The number of halogens is 1. The number of nitrogens with two attached hydrogens (primary N) is 1. The van der Waals surface area contributed by atoms with Crippen LogP contribution in [0, 0.1) is 0 Å². The van der Waals surface area contributed by atoms with E-state index in [2.05, 4.69) is 20.7 Å². The standard InChI is InChI=1S/C14H20BrNO3/c1-10(16)9-11-5-3-6-12(15)14(11)19-8-4-7-13(17)18-2/h3,5-6,10H,4,7-9,16H2,1-2H3. The molecule has 0 aliphatic carbocycles. The lowest BCUT2D eigenvalue weighted by atomic mass is 10.1. The van der Waals surface area contributed by atoms with E-state index in [1.165, 1.54) is 7.11 Å². The number of carbonyl (C=O) groups excluding carboxylic acids is 1. The van der Waals surface area contributed by atoms with Gasteiger partial charge >= 0.3 is 5.97 Å².